The van der Waals surface area contributed by atoms with Crippen molar-refractivity contribution in [3.63, 3.8) is 0 Å². The van der Waals surface area contributed by atoms with Crippen LogP contribution in [-0.4, -0.2) is 34.6 Å². The summed E-state index contributed by atoms with van der Waals surface area (Å²) in [6.45, 7) is 5.18. The second-order valence-electron chi connectivity index (χ2n) is 6.76. The van der Waals surface area contributed by atoms with Gasteiger partial charge in [0, 0.05) is 25.3 Å². The van der Waals surface area contributed by atoms with E-state index in [0.29, 0.717) is 11.9 Å². The summed E-state index contributed by atoms with van der Waals surface area (Å²) in [5.74, 6) is 2.14. The van der Waals surface area contributed by atoms with Gasteiger partial charge in [0.05, 0.1) is 0 Å². The van der Waals surface area contributed by atoms with Crippen molar-refractivity contribution in [2.75, 3.05) is 29.4 Å². The summed E-state index contributed by atoms with van der Waals surface area (Å²) in [6, 6.07) is 8.46. The van der Waals surface area contributed by atoms with Crippen LogP contribution in [0.3, 0.4) is 0 Å². The Labute approximate surface area is 147 Å². The molecule has 1 aromatic carbocycles. The van der Waals surface area contributed by atoms with Crippen LogP contribution in [0.5, 0.6) is 0 Å². The number of benzene rings is 1. The second kappa shape index (κ2) is 6.55. The Morgan fingerprint density at radius 1 is 1.00 bits per heavy atom. The Morgan fingerprint density at radius 2 is 1.75 bits per heavy atom. The van der Waals surface area contributed by atoms with Gasteiger partial charge in [-0.1, -0.05) is 25.1 Å². The molecule has 0 amide bonds. The molecule has 0 radical (unpaired) electrons. The number of aromatic nitrogens is 3. The molecular weight excluding hydrogens is 322 g/mol. The van der Waals surface area contributed by atoms with E-state index in [-0.39, 0.29) is 5.28 Å². The Kier molecular flexibility index (Phi) is 4.27. The Hall–Kier alpha value is -1.88. The average molecular weight is 344 g/mol. The molecule has 1 aromatic heterocycles. The topological polar surface area (TPSA) is 45.2 Å². The van der Waals surface area contributed by atoms with Crippen LogP contribution >= 0.6 is 11.6 Å². The molecule has 0 saturated carbocycles. The number of nitrogens with zero attached hydrogens (tertiary/aromatic N) is 5. The van der Waals surface area contributed by atoms with Gasteiger partial charge in [-0.15, -0.1) is 0 Å². The van der Waals surface area contributed by atoms with E-state index >= 15 is 0 Å². The summed E-state index contributed by atoms with van der Waals surface area (Å²) in [4.78, 5) is 17.9. The van der Waals surface area contributed by atoms with Crippen LogP contribution in [0, 0.1) is 5.92 Å². The fourth-order valence-electron chi connectivity index (χ4n) is 3.54. The molecule has 0 atom stereocenters. The van der Waals surface area contributed by atoms with Gasteiger partial charge in [0.1, 0.15) is 0 Å². The standard InChI is InChI=1S/C18H22ClN5/c1-13-8-11-23(12-9-13)17-20-16(19)21-18(22-17)24-10-4-6-14-5-2-3-7-15(14)24/h2-3,5,7,13H,4,6,8-12H2,1H3. The predicted octanol–water partition coefficient (Wildman–Crippen LogP) is 3.85. The molecule has 1 fully saturated rings. The van der Waals surface area contributed by atoms with Crippen LogP contribution in [0.2, 0.25) is 5.28 Å². The quantitative estimate of drug-likeness (QED) is 0.828. The van der Waals surface area contributed by atoms with Crippen molar-refractivity contribution in [3.8, 4) is 0 Å². The summed E-state index contributed by atoms with van der Waals surface area (Å²) < 4.78 is 0. The van der Waals surface area contributed by atoms with E-state index in [9.17, 15) is 0 Å². The number of halogens is 1. The number of hydrogen-bond donors (Lipinski definition) is 0. The molecule has 0 N–H and O–H groups in total. The van der Waals surface area contributed by atoms with Crippen molar-refractivity contribution in [3.05, 3.63) is 35.1 Å². The number of para-hydroxylation sites is 1. The molecule has 24 heavy (non-hydrogen) atoms. The highest BCUT2D eigenvalue weighted by Gasteiger charge is 2.24. The van der Waals surface area contributed by atoms with Crippen LogP contribution in [0.15, 0.2) is 24.3 Å². The van der Waals surface area contributed by atoms with E-state index in [1.165, 1.54) is 24.1 Å². The van der Waals surface area contributed by atoms with Gasteiger partial charge in [-0.3, -0.25) is 0 Å². The SMILES string of the molecule is CC1CCN(c2nc(Cl)nc(N3CCCc4ccccc43)n2)CC1. The first-order valence-electron chi connectivity index (χ1n) is 8.72. The lowest BCUT2D eigenvalue weighted by Crippen LogP contribution is -2.35. The zero-order valence-corrected chi connectivity index (χ0v) is 14.7. The third-order valence-corrected chi connectivity index (χ3v) is 5.17. The number of rotatable bonds is 2. The van der Waals surface area contributed by atoms with E-state index in [1.807, 2.05) is 0 Å². The van der Waals surface area contributed by atoms with Gasteiger partial charge in [-0.05, 0) is 54.8 Å². The highest BCUT2D eigenvalue weighted by Crippen LogP contribution is 2.32. The molecule has 2 aliphatic rings. The first kappa shape index (κ1) is 15.6. The number of piperidine rings is 1. The highest BCUT2D eigenvalue weighted by atomic mass is 35.5. The van der Waals surface area contributed by atoms with Gasteiger partial charge in [-0.25, -0.2) is 0 Å². The van der Waals surface area contributed by atoms with Gasteiger partial charge in [0.25, 0.3) is 0 Å². The van der Waals surface area contributed by atoms with Gasteiger partial charge < -0.3 is 9.80 Å². The van der Waals surface area contributed by atoms with Crippen LogP contribution in [0.4, 0.5) is 17.6 Å². The number of fused-ring (bicyclic) bond motifs is 1. The highest BCUT2D eigenvalue weighted by molar-refractivity contribution is 6.28. The summed E-state index contributed by atoms with van der Waals surface area (Å²) >= 11 is 6.23. The Balaban J connectivity index is 1.67. The van der Waals surface area contributed by atoms with Crippen molar-refractivity contribution in [1.29, 1.82) is 0 Å². The first-order valence-corrected chi connectivity index (χ1v) is 9.10. The van der Waals surface area contributed by atoms with E-state index < -0.39 is 0 Å². The lowest BCUT2D eigenvalue weighted by molar-refractivity contribution is 0.434. The molecule has 6 heteroatoms. The predicted molar refractivity (Wildman–Crippen MR) is 97.2 cm³/mol. The van der Waals surface area contributed by atoms with Gasteiger partial charge >= 0.3 is 0 Å². The molecule has 3 heterocycles. The number of aryl methyl sites for hydroxylation is 1. The van der Waals surface area contributed by atoms with Gasteiger partial charge in [-0.2, -0.15) is 15.0 Å². The summed E-state index contributed by atoms with van der Waals surface area (Å²) in [5, 5.41) is 0.275. The molecule has 2 aromatic rings. The lowest BCUT2D eigenvalue weighted by atomic mass is 10.00. The minimum absolute atomic E-state index is 0.275. The fraction of sp³-hybridized carbons (Fsp3) is 0.500. The summed E-state index contributed by atoms with van der Waals surface area (Å²) in [5.41, 5.74) is 2.53. The molecule has 0 bridgehead atoms. The first-order chi connectivity index (χ1) is 11.7. The molecule has 4 rings (SSSR count). The van der Waals surface area contributed by atoms with Crippen molar-refractivity contribution >= 4 is 29.2 Å². The van der Waals surface area contributed by atoms with Crippen molar-refractivity contribution in [1.82, 2.24) is 15.0 Å². The minimum atomic E-state index is 0.275. The molecular formula is C18H22ClN5. The smallest absolute Gasteiger partial charge is 0.236 e. The maximum Gasteiger partial charge on any atom is 0.236 e. The van der Waals surface area contributed by atoms with E-state index in [0.717, 1.165) is 38.4 Å². The molecule has 1 saturated heterocycles. The molecule has 5 nitrogen and oxygen atoms in total. The molecule has 0 unspecified atom stereocenters. The van der Waals surface area contributed by atoms with E-state index in [4.69, 9.17) is 16.6 Å². The maximum atomic E-state index is 6.23. The fourth-order valence-corrected chi connectivity index (χ4v) is 3.69. The van der Waals surface area contributed by atoms with E-state index in [2.05, 4.69) is 51.0 Å². The van der Waals surface area contributed by atoms with Crippen molar-refractivity contribution < 1.29 is 0 Å². The Morgan fingerprint density at radius 3 is 2.58 bits per heavy atom. The zero-order chi connectivity index (χ0) is 16.5. The van der Waals surface area contributed by atoms with Crippen molar-refractivity contribution in [2.45, 2.75) is 32.6 Å². The maximum absolute atomic E-state index is 6.23. The molecule has 0 aliphatic carbocycles. The third kappa shape index (κ3) is 3.05. The van der Waals surface area contributed by atoms with Crippen LogP contribution in [-0.2, 0) is 6.42 Å². The monoisotopic (exact) mass is 343 g/mol. The van der Waals surface area contributed by atoms with Crippen molar-refractivity contribution in [2.24, 2.45) is 5.92 Å². The largest absolute Gasteiger partial charge is 0.341 e. The molecule has 126 valence electrons. The number of anilines is 3. The second-order valence-corrected chi connectivity index (χ2v) is 7.10. The average Bonchev–Trinajstić information content (AvgIpc) is 2.61. The van der Waals surface area contributed by atoms with Crippen LogP contribution in [0.1, 0.15) is 31.7 Å². The minimum Gasteiger partial charge on any atom is -0.341 e. The normalized spacial score (nSPS) is 18.6. The molecule has 0 spiro atoms. The summed E-state index contributed by atoms with van der Waals surface area (Å²) in [6.07, 6.45) is 4.54. The Bertz CT molecular complexity index is 727. The van der Waals surface area contributed by atoms with E-state index in [1.54, 1.807) is 0 Å². The summed E-state index contributed by atoms with van der Waals surface area (Å²) in [7, 11) is 0. The lowest BCUT2D eigenvalue weighted by Gasteiger charge is -2.32. The van der Waals surface area contributed by atoms with Crippen LogP contribution in [0.25, 0.3) is 0 Å². The third-order valence-electron chi connectivity index (χ3n) is 5.00. The van der Waals surface area contributed by atoms with Gasteiger partial charge in [0.15, 0.2) is 0 Å². The zero-order valence-electron chi connectivity index (χ0n) is 14.0. The van der Waals surface area contributed by atoms with Gasteiger partial charge in [0.2, 0.25) is 17.2 Å². The number of hydrogen-bond acceptors (Lipinski definition) is 5. The molecule has 2 aliphatic heterocycles. The van der Waals surface area contributed by atoms with Crippen LogP contribution < -0.4 is 9.80 Å².